The van der Waals surface area contributed by atoms with Gasteiger partial charge in [0.2, 0.25) is 0 Å². The predicted molar refractivity (Wildman–Crippen MR) is 106 cm³/mol. The number of rotatable bonds is 4. The molecule has 0 saturated carbocycles. The van der Waals surface area contributed by atoms with E-state index in [9.17, 15) is 0 Å². The molecule has 0 radical (unpaired) electrons. The minimum atomic E-state index is 0.764. The largest absolute Gasteiger partial charge is 0.354 e. The van der Waals surface area contributed by atoms with Crippen LogP contribution in [0.3, 0.4) is 0 Å². The van der Waals surface area contributed by atoms with Gasteiger partial charge in [-0.3, -0.25) is 4.57 Å². The standard InChI is InChI=1S/C21H22N4/c1-5-19(16(3)23-20-11-7-6-9-15(20)2)24-17(4)25-14-12-18-10-8-13-22-21(18)25/h5-14,23H,3H2,1-2,4H3/b19-5-,24-17?. The molecular formula is C21H22N4. The van der Waals surface area contributed by atoms with Gasteiger partial charge in [-0.05, 0) is 50.6 Å². The van der Waals surface area contributed by atoms with E-state index in [0.717, 1.165) is 34.0 Å². The number of aromatic nitrogens is 2. The topological polar surface area (TPSA) is 42.2 Å². The van der Waals surface area contributed by atoms with Crippen molar-refractivity contribution in [2.75, 3.05) is 5.32 Å². The van der Waals surface area contributed by atoms with Gasteiger partial charge < -0.3 is 5.32 Å². The van der Waals surface area contributed by atoms with Crippen LogP contribution in [0.15, 0.2) is 83.9 Å². The average molecular weight is 330 g/mol. The van der Waals surface area contributed by atoms with E-state index in [4.69, 9.17) is 4.99 Å². The molecule has 0 amide bonds. The Balaban J connectivity index is 1.87. The molecule has 2 heterocycles. The van der Waals surface area contributed by atoms with Gasteiger partial charge in [-0.15, -0.1) is 0 Å². The van der Waals surface area contributed by atoms with E-state index in [1.807, 2.05) is 67.1 Å². The zero-order valence-corrected chi connectivity index (χ0v) is 14.8. The SMILES string of the molecule is C=C(Nc1ccccc1C)/C(=C/C)N=C(C)n1ccc2cccnc21. The molecule has 0 aliphatic heterocycles. The summed E-state index contributed by atoms with van der Waals surface area (Å²) in [6, 6.07) is 14.1. The second-order valence-electron chi connectivity index (χ2n) is 5.85. The van der Waals surface area contributed by atoms with Crippen LogP contribution in [0.25, 0.3) is 11.0 Å². The highest BCUT2D eigenvalue weighted by atomic mass is 15.1. The maximum absolute atomic E-state index is 4.75. The van der Waals surface area contributed by atoms with Crippen LogP contribution >= 0.6 is 0 Å². The van der Waals surface area contributed by atoms with Crippen LogP contribution in [0.5, 0.6) is 0 Å². The molecule has 4 heteroatoms. The summed E-state index contributed by atoms with van der Waals surface area (Å²) in [5, 5.41) is 4.45. The molecule has 3 rings (SSSR count). The van der Waals surface area contributed by atoms with Crippen molar-refractivity contribution in [3.8, 4) is 0 Å². The zero-order valence-electron chi connectivity index (χ0n) is 14.8. The number of pyridine rings is 1. The van der Waals surface area contributed by atoms with Crippen LogP contribution in [0.1, 0.15) is 19.4 Å². The number of hydrogen-bond donors (Lipinski definition) is 1. The number of anilines is 1. The molecule has 3 aromatic rings. The maximum atomic E-state index is 4.75. The van der Waals surface area contributed by atoms with Gasteiger partial charge in [0.05, 0.1) is 11.4 Å². The zero-order chi connectivity index (χ0) is 17.8. The van der Waals surface area contributed by atoms with Crippen molar-refractivity contribution < 1.29 is 0 Å². The van der Waals surface area contributed by atoms with Gasteiger partial charge in [0.1, 0.15) is 11.5 Å². The Bertz CT molecular complexity index is 976. The Labute approximate surface area is 148 Å². The van der Waals surface area contributed by atoms with Crippen LogP contribution in [-0.4, -0.2) is 15.4 Å². The van der Waals surface area contributed by atoms with Crippen molar-refractivity contribution in [2.45, 2.75) is 20.8 Å². The lowest BCUT2D eigenvalue weighted by Gasteiger charge is -2.13. The molecule has 0 bridgehead atoms. The minimum Gasteiger partial charge on any atom is -0.354 e. The molecule has 0 spiro atoms. The summed E-state index contributed by atoms with van der Waals surface area (Å²) < 4.78 is 1.99. The summed E-state index contributed by atoms with van der Waals surface area (Å²) >= 11 is 0. The number of hydrogen-bond acceptors (Lipinski definition) is 3. The van der Waals surface area contributed by atoms with Crippen molar-refractivity contribution in [1.29, 1.82) is 0 Å². The first kappa shape index (κ1) is 16.7. The molecule has 1 aromatic carbocycles. The Kier molecular flexibility index (Phi) is 4.80. The molecular weight excluding hydrogens is 308 g/mol. The van der Waals surface area contributed by atoms with Crippen molar-refractivity contribution in [3.63, 3.8) is 0 Å². The smallest absolute Gasteiger partial charge is 0.145 e. The molecule has 0 fully saturated rings. The van der Waals surface area contributed by atoms with Crippen LogP contribution in [0.2, 0.25) is 0 Å². The number of fused-ring (bicyclic) bond motifs is 1. The lowest BCUT2D eigenvalue weighted by molar-refractivity contribution is 1.12. The Morgan fingerprint density at radius 1 is 1.20 bits per heavy atom. The third-order valence-electron chi connectivity index (χ3n) is 4.09. The molecule has 0 saturated heterocycles. The normalized spacial score (nSPS) is 12.4. The highest BCUT2D eigenvalue weighted by Gasteiger charge is 2.07. The molecule has 1 N–H and O–H groups in total. The van der Waals surface area contributed by atoms with Crippen LogP contribution in [0, 0.1) is 6.92 Å². The van der Waals surface area contributed by atoms with Gasteiger partial charge in [-0.1, -0.05) is 30.9 Å². The van der Waals surface area contributed by atoms with Crippen molar-refractivity contribution in [2.24, 2.45) is 4.99 Å². The number of nitrogens with zero attached hydrogens (tertiary/aromatic N) is 3. The van der Waals surface area contributed by atoms with E-state index in [1.165, 1.54) is 5.56 Å². The van der Waals surface area contributed by atoms with E-state index in [1.54, 1.807) is 6.20 Å². The molecule has 4 nitrogen and oxygen atoms in total. The van der Waals surface area contributed by atoms with Crippen molar-refractivity contribution in [1.82, 2.24) is 9.55 Å². The number of para-hydroxylation sites is 1. The highest BCUT2D eigenvalue weighted by molar-refractivity contribution is 5.92. The Morgan fingerprint density at radius 2 is 2.00 bits per heavy atom. The number of aryl methyl sites for hydroxylation is 1. The first-order chi connectivity index (χ1) is 12.1. The second kappa shape index (κ2) is 7.18. The summed E-state index contributed by atoms with van der Waals surface area (Å²) in [4.78, 5) is 9.20. The monoisotopic (exact) mass is 330 g/mol. The number of nitrogens with one attached hydrogen (secondary N) is 1. The summed E-state index contributed by atoms with van der Waals surface area (Å²) in [6.45, 7) is 10.1. The van der Waals surface area contributed by atoms with Crippen molar-refractivity contribution >= 4 is 22.6 Å². The average Bonchev–Trinajstić information content (AvgIpc) is 3.05. The fourth-order valence-corrected chi connectivity index (χ4v) is 2.70. The Hall–Kier alpha value is -3.14. The third-order valence-corrected chi connectivity index (χ3v) is 4.09. The fraction of sp³-hybridized carbons (Fsp3) is 0.143. The van der Waals surface area contributed by atoms with Gasteiger partial charge in [-0.25, -0.2) is 9.98 Å². The molecule has 25 heavy (non-hydrogen) atoms. The van der Waals surface area contributed by atoms with E-state index in [2.05, 4.69) is 29.9 Å². The van der Waals surface area contributed by atoms with E-state index >= 15 is 0 Å². The first-order valence-electron chi connectivity index (χ1n) is 8.26. The fourth-order valence-electron chi connectivity index (χ4n) is 2.70. The number of benzene rings is 1. The summed E-state index contributed by atoms with van der Waals surface area (Å²) in [5.41, 5.74) is 4.67. The minimum absolute atomic E-state index is 0.764. The van der Waals surface area contributed by atoms with Gasteiger partial charge >= 0.3 is 0 Å². The predicted octanol–water partition coefficient (Wildman–Crippen LogP) is 5.14. The van der Waals surface area contributed by atoms with Gasteiger partial charge in [0.15, 0.2) is 0 Å². The van der Waals surface area contributed by atoms with Crippen LogP contribution in [-0.2, 0) is 0 Å². The van der Waals surface area contributed by atoms with Crippen LogP contribution < -0.4 is 5.32 Å². The quantitative estimate of drug-likeness (QED) is 0.409. The molecule has 0 atom stereocenters. The molecule has 0 aliphatic rings. The first-order valence-corrected chi connectivity index (χ1v) is 8.26. The molecule has 126 valence electrons. The highest BCUT2D eigenvalue weighted by Crippen LogP contribution is 2.20. The number of allylic oxidation sites excluding steroid dienone is 1. The Morgan fingerprint density at radius 3 is 2.76 bits per heavy atom. The third kappa shape index (κ3) is 3.53. The molecule has 0 unspecified atom stereocenters. The summed E-state index contributed by atoms with van der Waals surface area (Å²) in [6.07, 6.45) is 5.74. The van der Waals surface area contributed by atoms with Gasteiger partial charge in [0.25, 0.3) is 0 Å². The lowest BCUT2D eigenvalue weighted by atomic mass is 10.2. The lowest BCUT2D eigenvalue weighted by Crippen LogP contribution is -2.09. The molecule has 0 aliphatic carbocycles. The summed E-state index contributed by atoms with van der Waals surface area (Å²) in [7, 11) is 0. The summed E-state index contributed by atoms with van der Waals surface area (Å²) in [5.74, 6) is 0.842. The second-order valence-corrected chi connectivity index (χ2v) is 5.85. The van der Waals surface area contributed by atoms with E-state index in [-0.39, 0.29) is 0 Å². The maximum Gasteiger partial charge on any atom is 0.145 e. The number of aliphatic imine (C=N–C) groups is 1. The van der Waals surface area contributed by atoms with E-state index < -0.39 is 0 Å². The van der Waals surface area contributed by atoms with Crippen molar-refractivity contribution in [3.05, 3.63) is 84.5 Å². The van der Waals surface area contributed by atoms with Gasteiger partial charge in [-0.2, -0.15) is 0 Å². The molecule has 2 aromatic heterocycles. The van der Waals surface area contributed by atoms with E-state index in [0.29, 0.717) is 0 Å². The van der Waals surface area contributed by atoms with Crippen LogP contribution in [0.4, 0.5) is 5.69 Å². The van der Waals surface area contributed by atoms with Gasteiger partial charge in [0, 0.05) is 23.5 Å².